The van der Waals surface area contributed by atoms with Gasteiger partial charge in [0.25, 0.3) is 0 Å². The van der Waals surface area contributed by atoms with E-state index in [1.165, 1.54) is 0 Å². The number of hydrogen-bond acceptors (Lipinski definition) is 4. The van der Waals surface area contributed by atoms with Crippen molar-refractivity contribution in [2.24, 2.45) is 0 Å². The molecule has 6 nitrogen and oxygen atoms in total. The normalized spacial score (nSPS) is 11.4. The van der Waals surface area contributed by atoms with E-state index in [2.05, 4.69) is 16.2 Å². The molecule has 0 aromatic heterocycles. The van der Waals surface area contributed by atoms with Crippen LogP contribution in [-0.2, 0) is 16.1 Å². The SMILES string of the molecule is Cc1cccc(NC(=O)[C@H](C)NNC(=O)OCc2ccccc2)c1. The van der Waals surface area contributed by atoms with Crippen LogP contribution >= 0.6 is 0 Å². The quantitative estimate of drug-likeness (QED) is 0.713. The molecule has 0 aliphatic rings. The second kappa shape index (κ2) is 8.69. The van der Waals surface area contributed by atoms with E-state index in [1.807, 2.05) is 55.5 Å². The topological polar surface area (TPSA) is 79.5 Å². The van der Waals surface area contributed by atoms with Gasteiger partial charge in [0.05, 0.1) is 0 Å². The Labute approximate surface area is 141 Å². The lowest BCUT2D eigenvalue weighted by molar-refractivity contribution is -0.117. The van der Waals surface area contributed by atoms with Crippen LogP contribution in [0.15, 0.2) is 54.6 Å². The van der Waals surface area contributed by atoms with Crippen LogP contribution in [0.2, 0.25) is 0 Å². The van der Waals surface area contributed by atoms with Gasteiger partial charge in [-0.2, -0.15) is 0 Å². The molecule has 0 heterocycles. The van der Waals surface area contributed by atoms with Crippen LogP contribution in [0.25, 0.3) is 0 Å². The molecule has 0 unspecified atom stereocenters. The zero-order valence-electron chi connectivity index (χ0n) is 13.7. The van der Waals surface area contributed by atoms with Crippen molar-refractivity contribution in [2.45, 2.75) is 26.5 Å². The molecule has 3 N–H and O–H groups in total. The van der Waals surface area contributed by atoms with Crippen molar-refractivity contribution in [2.75, 3.05) is 5.32 Å². The van der Waals surface area contributed by atoms with E-state index in [0.29, 0.717) is 5.69 Å². The highest BCUT2D eigenvalue weighted by Crippen LogP contribution is 2.09. The third-order valence-corrected chi connectivity index (χ3v) is 3.28. The van der Waals surface area contributed by atoms with Gasteiger partial charge in [-0.05, 0) is 37.1 Å². The van der Waals surface area contributed by atoms with Crippen molar-refractivity contribution < 1.29 is 14.3 Å². The van der Waals surface area contributed by atoms with Crippen LogP contribution in [0.1, 0.15) is 18.1 Å². The molecule has 0 saturated carbocycles. The number of amides is 2. The number of carbonyl (C=O) groups is 2. The number of nitrogens with one attached hydrogen (secondary N) is 3. The Morgan fingerprint density at radius 1 is 1.08 bits per heavy atom. The van der Waals surface area contributed by atoms with Gasteiger partial charge >= 0.3 is 6.09 Å². The first-order chi connectivity index (χ1) is 11.5. The highest BCUT2D eigenvalue weighted by Gasteiger charge is 2.14. The first kappa shape index (κ1) is 17.5. The van der Waals surface area contributed by atoms with E-state index in [-0.39, 0.29) is 12.5 Å². The van der Waals surface area contributed by atoms with E-state index < -0.39 is 12.1 Å². The molecule has 0 saturated heterocycles. The molecule has 126 valence electrons. The largest absolute Gasteiger partial charge is 0.444 e. The van der Waals surface area contributed by atoms with E-state index in [0.717, 1.165) is 11.1 Å². The summed E-state index contributed by atoms with van der Waals surface area (Å²) >= 11 is 0. The number of hydrazine groups is 1. The van der Waals surface area contributed by atoms with Gasteiger partial charge in [0.15, 0.2) is 0 Å². The van der Waals surface area contributed by atoms with Gasteiger partial charge in [-0.25, -0.2) is 10.2 Å². The minimum atomic E-state index is -0.644. The van der Waals surface area contributed by atoms with Crippen molar-refractivity contribution in [1.29, 1.82) is 0 Å². The summed E-state index contributed by atoms with van der Waals surface area (Å²) in [6.07, 6.45) is -0.644. The average molecular weight is 327 g/mol. The van der Waals surface area contributed by atoms with E-state index in [9.17, 15) is 9.59 Å². The summed E-state index contributed by atoms with van der Waals surface area (Å²) < 4.78 is 5.05. The second-order valence-electron chi connectivity index (χ2n) is 5.41. The van der Waals surface area contributed by atoms with Gasteiger partial charge in [0.1, 0.15) is 12.6 Å². The number of ether oxygens (including phenoxy) is 1. The zero-order valence-corrected chi connectivity index (χ0v) is 13.7. The fourth-order valence-electron chi connectivity index (χ4n) is 1.97. The summed E-state index contributed by atoms with van der Waals surface area (Å²) in [5.74, 6) is -0.260. The Hall–Kier alpha value is -2.86. The molecule has 1 atom stereocenters. The molecule has 0 spiro atoms. The van der Waals surface area contributed by atoms with Gasteiger partial charge in [-0.3, -0.25) is 10.2 Å². The second-order valence-corrected chi connectivity index (χ2v) is 5.41. The van der Waals surface area contributed by atoms with Gasteiger partial charge in [0.2, 0.25) is 5.91 Å². The molecule has 0 radical (unpaired) electrons. The summed E-state index contributed by atoms with van der Waals surface area (Å²) in [5.41, 5.74) is 7.62. The Morgan fingerprint density at radius 3 is 2.54 bits per heavy atom. The smallest absolute Gasteiger partial charge is 0.421 e. The first-order valence-corrected chi connectivity index (χ1v) is 7.64. The Kier molecular flexibility index (Phi) is 6.33. The molecule has 0 fully saturated rings. The first-order valence-electron chi connectivity index (χ1n) is 7.64. The fourth-order valence-corrected chi connectivity index (χ4v) is 1.97. The minimum absolute atomic E-state index is 0.165. The van der Waals surface area contributed by atoms with Crippen LogP contribution < -0.4 is 16.2 Å². The molecule has 0 aliphatic carbocycles. The third kappa shape index (κ3) is 5.73. The molecular formula is C18H21N3O3. The van der Waals surface area contributed by atoms with Crippen molar-refractivity contribution in [3.63, 3.8) is 0 Å². The van der Waals surface area contributed by atoms with Gasteiger partial charge < -0.3 is 10.1 Å². The molecule has 2 aromatic carbocycles. The molecule has 2 aromatic rings. The van der Waals surface area contributed by atoms with Gasteiger partial charge in [-0.15, -0.1) is 0 Å². The predicted octanol–water partition coefficient (Wildman–Crippen LogP) is 2.75. The molecule has 2 amide bonds. The van der Waals surface area contributed by atoms with Crippen LogP contribution in [0.4, 0.5) is 10.5 Å². The van der Waals surface area contributed by atoms with Crippen molar-refractivity contribution in [3.05, 3.63) is 65.7 Å². The summed E-state index contributed by atoms with van der Waals surface area (Å²) in [6, 6.07) is 16.2. The summed E-state index contributed by atoms with van der Waals surface area (Å²) in [7, 11) is 0. The molecule has 0 bridgehead atoms. The van der Waals surface area contributed by atoms with Crippen LogP contribution in [0.5, 0.6) is 0 Å². The third-order valence-electron chi connectivity index (χ3n) is 3.28. The maximum absolute atomic E-state index is 12.0. The van der Waals surface area contributed by atoms with E-state index in [4.69, 9.17) is 4.74 Å². The summed E-state index contributed by atoms with van der Waals surface area (Å²) in [4.78, 5) is 23.7. The van der Waals surface area contributed by atoms with Gasteiger partial charge in [0, 0.05) is 5.69 Å². The number of anilines is 1. The lowest BCUT2D eigenvalue weighted by atomic mass is 10.2. The highest BCUT2D eigenvalue weighted by atomic mass is 16.6. The van der Waals surface area contributed by atoms with E-state index >= 15 is 0 Å². The lowest BCUT2D eigenvalue weighted by Crippen LogP contribution is -2.48. The fraction of sp³-hybridized carbons (Fsp3) is 0.222. The van der Waals surface area contributed by atoms with Crippen molar-refractivity contribution in [1.82, 2.24) is 10.9 Å². The van der Waals surface area contributed by atoms with Crippen LogP contribution in [0, 0.1) is 6.92 Å². The molecule has 2 rings (SSSR count). The number of hydrogen-bond donors (Lipinski definition) is 3. The number of rotatable bonds is 6. The minimum Gasteiger partial charge on any atom is -0.444 e. The van der Waals surface area contributed by atoms with Gasteiger partial charge in [-0.1, -0.05) is 42.5 Å². The maximum atomic E-state index is 12.0. The van der Waals surface area contributed by atoms with Crippen LogP contribution in [0.3, 0.4) is 0 Å². The van der Waals surface area contributed by atoms with Crippen LogP contribution in [-0.4, -0.2) is 18.0 Å². The summed E-state index contributed by atoms with van der Waals surface area (Å²) in [5, 5.41) is 2.77. The van der Waals surface area contributed by atoms with Crippen molar-refractivity contribution >= 4 is 17.7 Å². The van der Waals surface area contributed by atoms with Crippen molar-refractivity contribution in [3.8, 4) is 0 Å². The standard InChI is InChI=1S/C18H21N3O3/c1-13-7-6-10-16(11-13)19-17(22)14(2)20-21-18(23)24-12-15-8-4-3-5-9-15/h3-11,14,20H,12H2,1-2H3,(H,19,22)(H,21,23)/t14-/m0/s1. The highest BCUT2D eigenvalue weighted by molar-refractivity contribution is 5.94. The Morgan fingerprint density at radius 2 is 1.83 bits per heavy atom. The lowest BCUT2D eigenvalue weighted by Gasteiger charge is -2.15. The summed E-state index contributed by atoms with van der Waals surface area (Å²) in [6.45, 7) is 3.75. The number of carbonyl (C=O) groups excluding carboxylic acids is 2. The monoisotopic (exact) mass is 327 g/mol. The van der Waals surface area contributed by atoms with E-state index in [1.54, 1.807) is 13.0 Å². The molecule has 6 heteroatoms. The molecular weight excluding hydrogens is 306 g/mol. The zero-order chi connectivity index (χ0) is 17.4. The maximum Gasteiger partial charge on any atom is 0.421 e. The molecule has 0 aliphatic heterocycles. The Balaban J connectivity index is 1.72. The molecule has 24 heavy (non-hydrogen) atoms. The predicted molar refractivity (Wildman–Crippen MR) is 92.2 cm³/mol. The average Bonchev–Trinajstić information content (AvgIpc) is 2.58. The number of aryl methyl sites for hydroxylation is 1. The number of benzene rings is 2. The Bertz CT molecular complexity index is 689.